The summed E-state index contributed by atoms with van der Waals surface area (Å²) in [6.45, 7) is 3.67. The number of carbonyl (C=O) groups is 1. The number of benzene rings is 1. The van der Waals surface area contributed by atoms with E-state index in [9.17, 15) is 4.79 Å². The number of likely N-dealkylation sites (tertiary alicyclic amines) is 1. The first-order chi connectivity index (χ1) is 14.2. The number of hydrogen-bond acceptors (Lipinski definition) is 3. The van der Waals surface area contributed by atoms with Crippen LogP contribution in [-0.4, -0.2) is 30.4 Å². The van der Waals surface area contributed by atoms with Crippen LogP contribution in [0.1, 0.15) is 78.9 Å². The summed E-state index contributed by atoms with van der Waals surface area (Å²) < 4.78 is 5.09. The van der Waals surface area contributed by atoms with E-state index in [2.05, 4.69) is 34.5 Å². The Labute approximate surface area is 173 Å². The number of fused-ring (bicyclic) bond motifs is 2. The largest absolute Gasteiger partial charge is 0.472 e. The van der Waals surface area contributed by atoms with Gasteiger partial charge in [-0.25, -0.2) is 0 Å². The summed E-state index contributed by atoms with van der Waals surface area (Å²) in [5, 5.41) is 3.27. The number of nitrogens with zero attached hydrogens (tertiary/aromatic N) is 1. The van der Waals surface area contributed by atoms with E-state index in [4.69, 9.17) is 4.42 Å². The number of carbonyl (C=O) groups excluding carboxylic acids is 1. The van der Waals surface area contributed by atoms with Crippen molar-refractivity contribution in [2.24, 2.45) is 5.92 Å². The normalized spacial score (nSPS) is 24.5. The Kier molecular flexibility index (Phi) is 5.21. The molecule has 1 saturated heterocycles. The van der Waals surface area contributed by atoms with Crippen LogP contribution in [0.3, 0.4) is 0 Å². The van der Waals surface area contributed by atoms with Gasteiger partial charge in [0, 0.05) is 12.0 Å². The molecule has 2 aliphatic carbocycles. The average Bonchev–Trinajstić information content (AvgIpc) is 3.39. The fourth-order valence-electron chi connectivity index (χ4n) is 6.03. The second-order valence-electron chi connectivity index (χ2n) is 9.41. The van der Waals surface area contributed by atoms with E-state index in [1.807, 2.05) is 0 Å². The van der Waals surface area contributed by atoms with E-state index >= 15 is 0 Å². The van der Waals surface area contributed by atoms with Crippen LogP contribution in [0.5, 0.6) is 0 Å². The fourth-order valence-corrected chi connectivity index (χ4v) is 6.03. The molecule has 1 atom stereocenters. The first kappa shape index (κ1) is 18.9. The van der Waals surface area contributed by atoms with Crippen molar-refractivity contribution < 1.29 is 9.21 Å². The standard InChI is InChI=1S/C25H32N2O2/c28-24(20-10-15-29-18-20)26-23-16-25(22-9-5-4-8-21(22)23)11-13-27(14-12-25)17-19-6-2-1-3-7-19/h4-5,8-10,15,18-19,23H,1-3,6-7,11-14,16-17H2,(H,26,28)/t23-/m0/s1. The molecule has 2 aromatic rings. The van der Waals surface area contributed by atoms with E-state index < -0.39 is 0 Å². The van der Waals surface area contributed by atoms with Crippen molar-refractivity contribution in [1.29, 1.82) is 0 Å². The zero-order chi connectivity index (χ0) is 19.7. The second kappa shape index (κ2) is 7.98. The lowest BCUT2D eigenvalue weighted by molar-refractivity contribution is 0.0919. The summed E-state index contributed by atoms with van der Waals surface area (Å²) >= 11 is 0. The third kappa shape index (κ3) is 3.75. The minimum Gasteiger partial charge on any atom is -0.472 e. The summed E-state index contributed by atoms with van der Waals surface area (Å²) in [4.78, 5) is 15.3. The third-order valence-corrected chi connectivity index (χ3v) is 7.65. The van der Waals surface area contributed by atoms with Gasteiger partial charge in [-0.1, -0.05) is 43.5 Å². The van der Waals surface area contributed by atoms with Crippen LogP contribution in [0, 0.1) is 5.92 Å². The maximum atomic E-state index is 12.6. The highest BCUT2D eigenvalue weighted by Crippen LogP contribution is 2.50. The van der Waals surface area contributed by atoms with Gasteiger partial charge in [0.15, 0.2) is 0 Å². The van der Waals surface area contributed by atoms with E-state index in [1.54, 1.807) is 12.3 Å². The number of hydrogen-bond donors (Lipinski definition) is 1. The van der Waals surface area contributed by atoms with Gasteiger partial charge in [0.1, 0.15) is 6.26 Å². The van der Waals surface area contributed by atoms with Crippen LogP contribution < -0.4 is 5.32 Å². The lowest BCUT2D eigenvalue weighted by Crippen LogP contribution is -2.44. The molecule has 4 nitrogen and oxygen atoms in total. The Bertz CT molecular complexity index is 830. The highest BCUT2D eigenvalue weighted by atomic mass is 16.3. The van der Waals surface area contributed by atoms with Crippen LogP contribution in [-0.2, 0) is 5.41 Å². The minimum atomic E-state index is -0.0367. The molecule has 1 spiro atoms. The molecular formula is C25H32N2O2. The van der Waals surface area contributed by atoms with Gasteiger partial charge in [-0.05, 0) is 68.3 Å². The van der Waals surface area contributed by atoms with Crippen molar-refractivity contribution in [3.63, 3.8) is 0 Å². The van der Waals surface area contributed by atoms with Crippen LogP contribution in [0.2, 0.25) is 0 Å². The monoisotopic (exact) mass is 392 g/mol. The molecule has 4 heteroatoms. The van der Waals surface area contributed by atoms with Crippen molar-refractivity contribution >= 4 is 5.91 Å². The summed E-state index contributed by atoms with van der Waals surface area (Å²) in [5.74, 6) is 0.876. The Morgan fingerprint density at radius 2 is 1.90 bits per heavy atom. The van der Waals surface area contributed by atoms with Crippen molar-refractivity contribution in [1.82, 2.24) is 10.2 Å². The van der Waals surface area contributed by atoms with Crippen LogP contribution in [0.25, 0.3) is 0 Å². The first-order valence-corrected chi connectivity index (χ1v) is 11.4. The van der Waals surface area contributed by atoms with Crippen molar-refractivity contribution in [3.05, 3.63) is 59.5 Å². The molecule has 5 rings (SSSR count). The number of rotatable bonds is 4. The van der Waals surface area contributed by atoms with E-state index in [0.717, 1.165) is 12.3 Å². The van der Waals surface area contributed by atoms with E-state index in [-0.39, 0.29) is 17.4 Å². The van der Waals surface area contributed by atoms with Crippen LogP contribution >= 0.6 is 0 Å². The molecule has 1 aromatic carbocycles. The maximum Gasteiger partial charge on any atom is 0.255 e. The molecule has 29 heavy (non-hydrogen) atoms. The summed E-state index contributed by atoms with van der Waals surface area (Å²) in [6.07, 6.45) is 13.6. The summed E-state index contributed by atoms with van der Waals surface area (Å²) in [5.41, 5.74) is 3.60. The Balaban J connectivity index is 1.28. The fraction of sp³-hybridized carbons (Fsp3) is 0.560. The first-order valence-electron chi connectivity index (χ1n) is 11.4. The highest BCUT2D eigenvalue weighted by Gasteiger charge is 2.45. The molecule has 2 heterocycles. The molecule has 3 aliphatic rings. The zero-order valence-corrected chi connectivity index (χ0v) is 17.2. The molecule has 1 aromatic heterocycles. The van der Waals surface area contributed by atoms with E-state index in [0.29, 0.717) is 5.56 Å². The van der Waals surface area contributed by atoms with Crippen LogP contribution in [0.4, 0.5) is 0 Å². The van der Waals surface area contributed by atoms with Gasteiger partial charge < -0.3 is 14.6 Å². The van der Waals surface area contributed by atoms with E-state index in [1.165, 1.54) is 82.0 Å². The number of nitrogens with one attached hydrogen (secondary N) is 1. The maximum absolute atomic E-state index is 12.6. The van der Waals surface area contributed by atoms with Crippen molar-refractivity contribution in [2.75, 3.05) is 19.6 Å². The predicted molar refractivity (Wildman–Crippen MR) is 114 cm³/mol. The molecule has 1 N–H and O–H groups in total. The number of amides is 1. The average molecular weight is 393 g/mol. The lowest BCUT2D eigenvalue weighted by atomic mass is 9.73. The van der Waals surface area contributed by atoms with Gasteiger partial charge in [0.25, 0.3) is 5.91 Å². The molecule has 0 unspecified atom stereocenters. The molecule has 1 amide bonds. The highest BCUT2D eigenvalue weighted by molar-refractivity contribution is 5.94. The summed E-state index contributed by atoms with van der Waals surface area (Å²) in [6, 6.07) is 10.6. The second-order valence-corrected chi connectivity index (χ2v) is 9.41. The predicted octanol–water partition coefficient (Wildman–Crippen LogP) is 5.07. The Morgan fingerprint density at radius 3 is 2.66 bits per heavy atom. The molecule has 0 bridgehead atoms. The summed E-state index contributed by atoms with van der Waals surface area (Å²) in [7, 11) is 0. The van der Waals surface area contributed by atoms with Crippen molar-refractivity contribution in [3.8, 4) is 0 Å². The topological polar surface area (TPSA) is 45.5 Å². The van der Waals surface area contributed by atoms with Crippen molar-refractivity contribution in [2.45, 2.75) is 62.8 Å². The van der Waals surface area contributed by atoms with Gasteiger partial charge >= 0.3 is 0 Å². The zero-order valence-electron chi connectivity index (χ0n) is 17.2. The quantitative estimate of drug-likeness (QED) is 0.790. The van der Waals surface area contributed by atoms with Gasteiger partial charge in [-0.3, -0.25) is 4.79 Å². The van der Waals surface area contributed by atoms with Gasteiger partial charge in [-0.2, -0.15) is 0 Å². The van der Waals surface area contributed by atoms with Gasteiger partial charge in [0.05, 0.1) is 17.9 Å². The van der Waals surface area contributed by atoms with Gasteiger partial charge in [-0.15, -0.1) is 0 Å². The number of furan rings is 1. The molecule has 1 saturated carbocycles. The Morgan fingerprint density at radius 1 is 1.10 bits per heavy atom. The van der Waals surface area contributed by atoms with Crippen LogP contribution in [0.15, 0.2) is 47.3 Å². The molecular weight excluding hydrogens is 360 g/mol. The molecule has 0 radical (unpaired) electrons. The van der Waals surface area contributed by atoms with Gasteiger partial charge in [0.2, 0.25) is 0 Å². The molecule has 2 fully saturated rings. The number of piperidine rings is 1. The SMILES string of the molecule is O=C(N[C@H]1CC2(CCN(CC3CCCCC3)CC2)c2ccccc21)c1ccoc1. The molecule has 154 valence electrons. The third-order valence-electron chi connectivity index (χ3n) is 7.65. The smallest absolute Gasteiger partial charge is 0.255 e. The lowest BCUT2D eigenvalue weighted by Gasteiger charge is -2.42. The minimum absolute atomic E-state index is 0.0367. The molecule has 1 aliphatic heterocycles. The Hall–Kier alpha value is -2.07.